The summed E-state index contributed by atoms with van der Waals surface area (Å²) in [6.45, 7) is 3.24. The molecule has 2 heterocycles. The molecular weight excluding hydrogens is 273 g/mol. The molecule has 11 heteroatoms. The Hall–Kier alpha value is -0.920. The van der Waals surface area contributed by atoms with Crippen molar-refractivity contribution in [2.24, 2.45) is 7.05 Å². The zero-order chi connectivity index (χ0) is 13.5. The average molecular weight is 284 g/mol. The van der Waals surface area contributed by atoms with Crippen LogP contribution in [0, 0.1) is 0 Å². The third kappa shape index (κ3) is 5.81. The van der Waals surface area contributed by atoms with Crippen molar-refractivity contribution < 1.29 is 29.9 Å². The molecule has 1 unspecified atom stereocenters. The normalized spacial score (nSPS) is 23.2. The van der Waals surface area contributed by atoms with E-state index in [2.05, 4.69) is 17.4 Å². The molecule has 0 spiro atoms. The van der Waals surface area contributed by atoms with Crippen LogP contribution in [0.1, 0.15) is 25.1 Å². The molecule has 0 N–H and O–H groups in total. The number of hydrogen-bond acceptors (Lipinski definition) is 2. The number of hydrogen-bond donors (Lipinski definition) is 0. The molecule has 0 aliphatic carbocycles. The summed E-state index contributed by atoms with van der Waals surface area (Å²) in [7, 11) is -8.71. The number of rotatable bonds is 0. The van der Waals surface area contributed by atoms with Gasteiger partial charge in [0.1, 0.15) is 11.8 Å². The molecule has 1 aliphatic heterocycles. The van der Waals surface area contributed by atoms with Crippen molar-refractivity contribution in [1.82, 2.24) is 15.1 Å². The summed E-state index contributed by atoms with van der Waals surface area (Å²) in [4.78, 5) is 0. The molecule has 1 aliphatic rings. The van der Waals surface area contributed by atoms with Gasteiger partial charge in [-0.2, -0.15) is 0 Å². The molecule has 17 heavy (non-hydrogen) atoms. The molecule has 0 fully saturated rings. The van der Waals surface area contributed by atoms with Crippen molar-refractivity contribution >= 4 is 7.81 Å². The van der Waals surface area contributed by atoms with E-state index >= 15 is 0 Å². The number of halogens is 6. The van der Waals surface area contributed by atoms with Gasteiger partial charge in [-0.15, -0.1) is 4.68 Å². The molecule has 0 saturated heterocycles. The zero-order valence-corrected chi connectivity index (χ0v) is 9.89. The van der Waals surface area contributed by atoms with Crippen LogP contribution >= 0.6 is 7.81 Å². The van der Waals surface area contributed by atoms with Gasteiger partial charge in [0.15, 0.2) is 5.21 Å². The Morgan fingerprint density at radius 3 is 2.12 bits per heavy atom. The fourth-order valence-electron chi connectivity index (χ4n) is 1.54. The predicted molar refractivity (Wildman–Crippen MR) is 47.8 cm³/mol. The molecule has 1 aromatic rings. The summed E-state index contributed by atoms with van der Waals surface area (Å²) in [5.74, 6) is 1.88. The maximum atomic E-state index is 9.87. The molecule has 1 atom stereocenters. The SMILES string of the molecule is CC1CCn2nn[n+](C)c21.F[P-](F)(F)(F)(F)F. The second-order valence-electron chi connectivity index (χ2n) is 3.83. The minimum atomic E-state index is -10.7. The Labute approximate surface area is 92.4 Å². The number of nitrogens with zero attached hydrogens (tertiary/aromatic N) is 4. The van der Waals surface area contributed by atoms with Crippen LogP contribution in [-0.4, -0.2) is 15.1 Å². The Bertz CT molecular complexity index is 411. The van der Waals surface area contributed by atoms with Gasteiger partial charge in [0.25, 0.3) is 5.82 Å². The van der Waals surface area contributed by atoms with Crippen molar-refractivity contribution in [3.8, 4) is 0 Å². The van der Waals surface area contributed by atoms with E-state index in [1.54, 1.807) is 0 Å². The summed E-state index contributed by atoms with van der Waals surface area (Å²) in [5.41, 5.74) is 0. The number of aryl methyl sites for hydroxylation is 2. The monoisotopic (exact) mass is 284 g/mol. The Balaban J connectivity index is 0.000000185. The van der Waals surface area contributed by atoms with Crippen LogP contribution in [0.3, 0.4) is 0 Å². The summed E-state index contributed by atoms with van der Waals surface area (Å²) in [6.07, 6.45) is 1.21. The minimum absolute atomic E-state index is 0.625. The molecule has 1 aromatic heterocycles. The molecule has 102 valence electrons. The first-order valence-electron chi connectivity index (χ1n) is 4.60. The summed E-state index contributed by atoms with van der Waals surface area (Å²) < 4.78 is 63.0. The molecule has 0 amide bonds. The quantitative estimate of drug-likeness (QED) is 0.417. The van der Waals surface area contributed by atoms with Gasteiger partial charge in [0.2, 0.25) is 0 Å². The van der Waals surface area contributed by atoms with Crippen LogP contribution in [-0.2, 0) is 13.6 Å². The van der Waals surface area contributed by atoms with E-state index in [1.165, 1.54) is 12.2 Å². The van der Waals surface area contributed by atoms with Gasteiger partial charge in [0, 0.05) is 0 Å². The van der Waals surface area contributed by atoms with Crippen LogP contribution in [0.2, 0.25) is 0 Å². The summed E-state index contributed by atoms with van der Waals surface area (Å²) in [6, 6.07) is 0. The Morgan fingerprint density at radius 1 is 1.24 bits per heavy atom. The van der Waals surface area contributed by atoms with Gasteiger partial charge in [0.05, 0.1) is 13.0 Å². The fourth-order valence-corrected chi connectivity index (χ4v) is 1.54. The van der Waals surface area contributed by atoms with E-state index in [0.29, 0.717) is 5.92 Å². The van der Waals surface area contributed by atoms with Crippen LogP contribution in [0.5, 0.6) is 0 Å². The van der Waals surface area contributed by atoms with Crippen molar-refractivity contribution in [3.05, 3.63) is 5.82 Å². The summed E-state index contributed by atoms with van der Waals surface area (Å²) in [5, 5.41) is 7.89. The van der Waals surface area contributed by atoms with Crippen molar-refractivity contribution in [3.63, 3.8) is 0 Å². The molecule has 2 rings (SSSR count). The van der Waals surface area contributed by atoms with Crippen LogP contribution in [0.4, 0.5) is 25.2 Å². The summed E-state index contributed by atoms with van der Waals surface area (Å²) >= 11 is 0. The number of aromatic nitrogens is 4. The van der Waals surface area contributed by atoms with E-state index in [-0.39, 0.29) is 0 Å². The van der Waals surface area contributed by atoms with Crippen LogP contribution in [0.15, 0.2) is 0 Å². The first-order valence-corrected chi connectivity index (χ1v) is 6.63. The Kier molecular flexibility index (Phi) is 2.75. The first-order chi connectivity index (χ1) is 7.24. The third-order valence-corrected chi connectivity index (χ3v) is 2.09. The molecule has 0 bridgehead atoms. The molecule has 0 aromatic carbocycles. The van der Waals surface area contributed by atoms with Gasteiger partial charge in [-0.3, -0.25) is 0 Å². The van der Waals surface area contributed by atoms with Crippen molar-refractivity contribution in [1.29, 1.82) is 0 Å². The number of tetrazole rings is 1. The van der Waals surface area contributed by atoms with E-state index in [1.807, 2.05) is 16.4 Å². The molecule has 4 nitrogen and oxygen atoms in total. The predicted octanol–water partition coefficient (Wildman–Crippen LogP) is 2.99. The average Bonchev–Trinajstić information content (AvgIpc) is 2.51. The molecule has 0 radical (unpaired) electrons. The van der Waals surface area contributed by atoms with E-state index in [4.69, 9.17) is 0 Å². The zero-order valence-electron chi connectivity index (χ0n) is 9.00. The molecule has 0 saturated carbocycles. The van der Waals surface area contributed by atoms with Crippen molar-refractivity contribution in [2.75, 3.05) is 0 Å². The second kappa shape index (κ2) is 3.30. The fraction of sp³-hybridized carbons (Fsp3) is 0.833. The van der Waals surface area contributed by atoms with Gasteiger partial charge in [-0.1, -0.05) is 11.6 Å². The van der Waals surface area contributed by atoms with Crippen LogP contribution < -0.4 is 4.68 Å². The van der Waals surface area contributed by atoms with Gasteiger partial charge in [-0.05, 0) is 6.42 Å². The number of fused-ring (bicyclic) bond motifs is 1. The van der Waals surface area contributed by atoms with Crippen LogP contribution in [0.25, 0.3) is 0 Å². The van der Waals surface area contributed by atoms with E-state index < -0.39 is 7.81 Å². The van der Waals surface area contributed by atoms with E-state index in [0.717, 1.165) is 6.54 Å². The van der Waals surface area contributed by atoms with Gasteiger partial charge in [-0.25, -0.2) is 0 Å². The first kappa shape index (κ1) is 14.1. The molecular formula is C6H11F6N4P. The third-order valence-electron chi connectivity index (χ3n) is 2.09. The topological polar surface area (TPSA) is 34.6 Å². The second-order valence-corrected chi connectivity index (χ2v) is 5.75. The van der Waals surface area contributed by atoms with Crippen molar-refractivity contribution in [2.45, 2.75) is 25.8 Å². The standard InChI is InChI=1S/C6H11N4.F6P/c1-5-3-4-10-6(5)9(2)7-8-10;1-7(2,3,4,5)6/h5H,3-4H2,1-2H3;/q+1;-1. The Morgan fingerprint density at radius 2 is 1.71 bits per heavy atom. The van der Waals surface area contributed by atoms with Gasteiger partial charge >= 0.3 is 33.0 Å². The van der Waals surface area contributed by atoms with Gasteiger partial charge < -0.3 is 0 Å². The maximum absolute atomic E-state index is 10.7. The van der Waals surface area contributed by atoms with E-state index in [9.17, 15) is 25.2 Å².